The summed E-state index contributed by atoms with van der Waals surface area (Å²) >= 11 is 0. The topological polar surface area (TPSA) is 40.7 Å². The van der Waals surface area contributed by atoms with Crippen LogP contribution in [0.1, 0.15) is 120 Å². The summed E-state index contributed by atoms with van der Waals surface area (Å²) in [6.07, 6.45) is 23.1. The fraction of sp³-hybridized carbons (Fsp3) is 0.864. The van der Waals surface area contributed by atoms with Gasteiger partial charge in [-0.3, -0.25) is 0 Å². The molecule has 3 saturated carbocycles. The van der Waals surface area contributed by atoms with Crippen molar-refractivity contribution in [3.8, 4) is 0 Å². The predicted octanol–water partition coefficient (Wildman–Crippen LogP) is 6.00. The minimum atomic E-state index is 0.459. The first-order valence-electron chi connectivity index (χ1n) is 11.2. The molecular weight excluding hydrogens is 306 g/mol. The molecular formula is C22H37N3. The molecule has 1 heterocycles. The Morgan fingerprint density at radius 3 is 2.08 bits per heavy atom. The number of rotatable bonds is 5. The van der Waals surface area contributed by atoms with Gasteiger partial charge in [0.15, 0.2) is 0 Å². The van der Waals surface area contributed by atoms with Crippen molar-refractivity contribution in [2.45, 2.75) is 114 Å². The Morgan fingerprint density at radius 1 is 0.800 bits per heavy atom. The van der Waals surface area contributed by atoms with E-state index in [9.17, 15) is 0 Å². The van der Waals surface area contributed by atoms with Crippen LogP contribution in [0, 0.1) is 5.92 Å². The van der Waals surface area contributed by atoms with Gasteiger partial charge < -0.3 is 10.3 Å². The van der Waals surface area contributed by atoms with Crippen LogP contribution in [0.5, 0.6) is 0 Å². The minimum absolute atomic E-state index is 0.459. The maximum absolute atomic E-state index is 5.16. The van der Waals surface area contributed by atoms with Crippen molar-refractivity contribution in [2.75, 3.05) is 0 Å². The molecule has 0 saturated heterocycles. The summed E-state index contributed by atoms with van der Waals surface area (Å²) in [6.45, 7) is 0. The van der Waals surface area contributed by atoms with E-state index in [0.29, 0.717) is 18.0 Å². The van der Waals surface area contributed by atoms with E-state index in [1.807, 2.05) is 0 Å². The van der Waals surface area contributed by atoms with Crippen molar-refractivity contribution in [1.82, 2.24) is 15.3 Å². The molecule has 0 aromatic carbocycles. The highest BCUT2D eigenvalue weighted by atomic mass is 15.0. The van der Waals surface area contributed by atoms with E-state index in [1.54, 1.807) is 0 Å². The van der Waals surface area contributed by atoms with E-state index in [1.165, 1.54) is 108 Å². The summed E-state index contributed by atoms with van der Waals surface area (Å²) in [7, 11) is 0. The zero-order valence-corrected chi connectivity index (χ0v) is 15.9. The fourth-order valence-electron chi connectivity index (χ4n) is 5.55. The van der Waals surface area contributed by atoms with Crippen LogP contribution < -0.4 is 5.32 Å². The van der Waals surface area contributed by atoms with Crippen molar-refractivity contribution in [1.29, 1.82) is 0 Å². The second-order valence-electron chi connectivity index (χ2n) is 8.92. The number of nitrogens with one attached hydrogen (secondary N) is 2. The van der Waals surface area contributed by atoms with Crippen LogP contribution in [0.15, 0.2) is 6.20 Å². The molecule has 3 fully saturated rings. The van der Waals surface area contributed by atoms with Gasteiger partial charge in [-0.1, -0.05) is 57.8 Å². The molecule has 0 amide bonds. The van der Waals surface area contributed by atoms with Crippen molar-refractivity contribution in [2.24, 2.45) is 5.92 Å². The highest BCUT2D eigenvalue weighted by Gasteiger charge is 2.30. The van der Waals surface area contributed by atoms with Gasteiger partial charge in [-0.15, -0.1) is 0 Å². The monoisotopic (exact) mass is 343 g/mol. The van der Waals surface area contributed by atoms with Crippen LogP contribution in [0.3, 0.4) is 0 Å². The lowest BCUT2D eigenvalue weighted by molar-refractivity contribution is 0.227. The lowest BCUT2D eigenvalue weighted by atomic mass is 9.82. The first-order chi connectivity index (χ1) is 12.4. The number of hydrogen-bond donors (Lipinski definition) is 2. The molecule has 4 rings (SSSR count). The lowest BCUT2D eigenvalue weighted by Gasteiger charge is -2.34. The SMILES string of the molecule is c1[nH]c([C@@H](NC2CCCCC2)C2CCCCC2)nc1C1CCCCC1. The molecule has 0 bridgehead atoms. The highest BCUT2D eigenvalue weighted by Crippen LogP contribution is 2.37. The molecule has 2 N–H and O–H groups in total. The van der Waals surface area contributed by atoms with Gasteiger partial charge in [0.1, 0.15) is 5.82 Å². The molecule has 25 heavy (non-hydrogen) atoms. The highest BCUT2D eigenvalue weighted by molar-refractivity contribution is 5.12. The molecule has 1 atom stereocenters. The maximum atomic E-state index is 5.16. The van der Waals surface area contributed by atoms with Crippen LogP contribution in [-0.4, -0.2) is 16.0 Å². The van der Waals surface area contributed by atoms with Crippen molar-refractivity contribution >= 4 is 0 Å². The predicted molar refractivity (Wildman–Crippen MR) is 104 cm³/mol. The largest absolute Gasteiger partial charge is 0.347 e. The summed E-state index contributed by atoms with van der Waals surface area (Å²) in [5, 5.41) is 4.06. The van der Waals surface area contributed by atoms with Crippen LogP contribution in [0.4, 0.5) is 0 Å². The van der Waals surface area contributed by atoms with Gasteiger partial charge in [0, 0.05) is 18.2 Å². The summed E-state index contributed by atoms with van der Waals surface area (Å²) in [4.78, 5) is 8.77. The second kappa shape index (κ2) is 8.70. The van der Waals surface area contributed by atoms with Gasteiger partial charge in [-0.05, 0) is 44.4 Å². The Hall–Kier alpha value is -0.830. The smallest absolute Gasteiger partial charge is 0.123 e. The van der Waals surface area contributed by atoms with Gasteiger partial charge in [0.2, 0.25) is 0 Å². The standard InChI is InChI=1S/C22H37N3/c1-4-10-17(11-5-1)20-16-23-22(25-20)21(18-12-6-2-7-13-18)24-19-14-8-3-9-15-19/h16-19,21,24H,1-15H2,(H,23,25)/t21-/m0/s1. The van der Waals surface area contributed by atoms with Gasteiger partial charge in [0.05, 0.1) is 11.7 Å². The molecule has 140 valence electrons. The van der Waals surface area contributed by atoms with Crippen LogP contribution in [-0.2, 0) is 0 Å². The van der Waals surface area contributed by atoms with Gasteiger partial charge in [0.25, 0.3) is 0 Å². The number of H-pyrrole nitrogens is 1. The quantitative estimate of drug-likeness (QED) is 0.688. The Kier molecular flexibility index (Phi) is 6.12. The molecule has 0 spiro atoms. The normalized spacial score (nSPS) is 25.9. The average Bonchev–Trinajstić information content (AvgIpc) is 3.18. The zero-order chi connectivity index (χ0) is 16.9. The number of aromatic nitrogens is 2. The van der Waals surface area contributed by atoms with Crippen molar-refractivity contribution in [3.63, 3.8) is 0 Å². The molecule has 1 aromatic heterocycles. The minimum Gasteiger partial charge on any atom is -0.347 e. The summed E-state index contributed by atoms with van der Waals surface area (Å²) in [5.74, 6) is 2.74. The van der Waals surface area contributed by atoms with Crippen LogP contribution in [0.25, 0.3) is 0 Å². The second-order valence-corrected chi connectivity index (χ2v) is 8.92. The summed E-state index contributed by atoms with van der Waals surface area (Å²) < 4.78 is 0. The van der Waals surface area contributed by atoms with Crippen molar-refractivity contribution in [3.05, 3.63) is 17.7 Å². The first-order valence-corrected chi connectivity index (χ1v) is 11.2. The van der Waals surface area contributed by atoms with E-state index < -0.39 is 0 Å². The van der Waals surface area contributed by atoms with E-state index in [-0.39, 0.29) is 0 Å². The molecule has 0 radical (unpaired) electrons. The van der Waals surface area contributed by atoms with Gasteiger partial charge in [-0.25, -0.2) is 4.98 Å². The summed E-state index contributed by atoms with van der Waals surface area (Å²) in [5.41, 5.74) is 1.35. The zero-order valence-electron chi connectivity index (χ0n) is 15.9. The fourth-order valence-corrected chi connectivity index (χ4v) is 5.55. The Morgan fingerprint density at radius 2 is 1.40 bits per heavy atom. The van der Waals surface area contributed by atoms with E-state index in [0.717, 1.165) is 5.92 Å². The molecule has 3 aliphatic carbocycles. The van der Waals surface area contributed by atoms with Crippen molar-refractivity contribution < 1.29 is 0 Å². The van der Waals surface area contributed by atoms with Crippen LogP contribution >= 0.6 is 0 Å². The van der Waals surface area contributed by atoms with Gasteiger partial charge >= 0.3 is 0 Å². The molecule has 1 aromatic rings. The molecule has 0 aliphatic heterocycles. The molecule has 3 heteroatoms. The third-order valence-electron chi connectivity index (χ3n) is 7.08. The maximum Gasteiger partial charge on any atom is 0.123 e. The Balaban J connectivity index is 1.48. The third-order valence-corrected chi connectivity index (χ3v) is 7.08. The molecule has 3 nitrogen and oxygen atoms in total. The number of hydrogen-bond acceptors (Lipinski definition) is 2. The van der Waals surface area contributed by atoms with E-state index in [4.69, 9.17) is 4.98 Å². The Bertz CT molecular complexity index is 505. The average molecular weight is 344 g/mol. The van der Waals surface area contributed by atoms with E-state index >= 15 is 0 Å². The third kappa shape index (κ3) is 4.48. The number of imidazole rings is 1. The molecule has 3 aliphatic rings. The first kappa shape index (κ1) is 17.6. The van der Waals surface area contributed by atoms with Gasteiger partial charge in [-0.2, -0.15) is 0 Å². The number of nitrogens with zero attached hydrogens (tertiary/aromatic N) is 1. The Labute approximate surface area is 153 Å². The number of aromatic amines is 1. The van der Waals surface area contributed by atoms with E-state index in [2.05, 4.69) is 16.5 Å². The lowest BCUT2D eigenvalue weighted by Crippen LogP contribution is -2.39. The summed E-state index contributed by atoms with van der Waals surface area (Å²) in [6, 6.07) is 1.17. The van der Waals surface area contributed by atoms with Crippen LogP contribution in [0.2, 0.25) is 0 Å². The molecule has 0 unspecified atom stereocenters.